The van der Waals surface area contributed by atoms with E-state index in [1.807, 2.05) is 11.6 Å². The lowest BCUT2D eigenvalue weighted by atomic mass is 9.80. The molecule has 1 aromatic rings. The SMILES string of the molecule is CCn1nc(C)c(Br)c1CC(N)C(C)(C)CC. The second kappa shape index (κ2) is 5.53. The van der Waals surface area contributed by atoms with Gasteiger partial charge in [0.05, 0.1) is 15.9 Å². The van der Waals surface area contributed by atoms with E-state index in [-0.39, 0.29) is 11.5 Å². The van der Waals surface area contributed by atoms with Crippen molar-refractivity contribution in [2.75, 3.05) is 0 Å². The molecule has 0 aromatic carbocycles. The van der Waals surface area contributed by atoms with Crippen molar-refractivity contribution in [3.8, 4) is 0 Å². The van der Waals surface area contributed by atoms with E-state index in [9.17, 15) is 0 Å². The fourth-order valence-corrected chi connectivity index (χ4v) is 2.26. The first-order valence-electron chi connectivity index (χ1n) is 6.30. The average molecular weight is 302 g/mol. The largest absolute Gasteiger partial charge is 0.327 e. The summed E-state index contributed by atoms with van der Waals surface area (Å²) in [7, 11) is 0. The molecule has 0 aliphatic carbocycles. The van der Waals surface area contributed by atoms with Crippen LogP contribution in [0.4, 0.5) is 0 Å². The monoisotopic (exact) mass is 301 g/mol. The van der Waals surface area contributed by atoms with Crippen LogP contribution in [0.15, 0.2) is 4.47 Å². The Balaban J connectivity index is 2.95. The van der Waals surface area contributed by atoms with E-state index in [2.05, 4.69) is 48.7 Å². The molecule has 1 aromatic heterocycles. The minimum absolute atomic E-state index is 0.158. The normalized spacial score (nSPS) is 14.1. The van der Waals surface area contributed by atoms with Crippen LogP contribution in [0, 0.1) is 12.3 Å². The standard InChI is InChI=1S/C13H24BrN3/c1-6-13(4,5)11(15)8-10-12(14)9(3)16-17(10)7-2/h11H,6-8,15H2,1-5H3. The molecule has 0 aliphatic heterocycles. The number of hydrogen-bond donors (Lipinski definition) is 1. The lowest BCUT2D eigenvalue weighted by Gasteiger charge is -2.30. The Hall–Kier alpha value is -0.350. The number of nitrogens with two attached hydrogens (primary N) is 1. The second-order valence-electron chi connectivity index (χ2n) is 5.31. The van der Waals surface area contributed by atoms with Gasteiger partial charge in [-0.2, -0.15) is 5.10 Å². The van der Waals surface area contributed by atoms with Crippen molar-refractivity contribution in [3.63, 3.8) is 0 Å². The van der Waals surface area contributed by atoms with Crippen LogP contribution in [0.25, 0.3) is 0 Å². The first-order chi connectivity index (χ1) is 7.83. The molecule has 3 nitrogen and oxygen atoms in total. The first-order valence-corrected chi connectivity index (χ1v) is 7.10. The van der Waals surface area contributed by atoms with E-state index in [1.165, 1.54) is 5.69 Å². The zero-order valence-electron chi connectivity index (χ0n) is 11.5. The van der Waals surface area contributed by atoms with E-state index >= 15 is 0 Å². The van der Waals surface area contributed by atoms with Gasteiger partial charge in [-0.1, -0.05) is 20.8 Å². The maximum absolute atomic E-state index is 6.33. The summed E-state index contributed by atoms with van der Waals surface area (Å²) < 4.78 is 3.16. The van der Waals surface area contributed by atoms with E-state index in [0.29, 0.717) is 0 Å². The predicted molar refractivity (Wildman–Crippen MR) is 76.1 cm³/mol. The van der Waals surface area contributed by atoms with Crippen LogP contribution >= 0.6 is 15.9 Å². The van der Waals surface area contributed by atoms with Crippen LogP contribution in [0.5, 0.6) is 0 Å². The highest BCUT2D eigenvalue weighted by molar-refractivity contribution is 9.10. The zero-order valence-corrected chi connectivity index (χ0v) is 13.1. The Labute approximate surface area is 113 Å². The van der Waals surface area contributed by atoms with Crippen molar-refractivity contribution in [2.24, 2.45) is 11.1 Å². The molecular weight excluding hydrogens is 278 g/mol. The maximum atomic E-state index is 6.33. The summed E-state index contributed by atoms with van der Waals surface area (Å²) in [5.41, 5.74) is 8.76. The van der Waals surface area contributed by atoms with Gasteiger partial charge in [-0.15, -0.1) is 0 Å². The van der Waals surface area contributed by atoms with Crippen molar-refractivity contribution >= 4 is 15.9 Å². The predicted octanol–water partition coefficient (Wildman–Crippen LogP) is 3.28. The van der Waals surface area contributed by atoms with E-state index in [0.717, 1.165) is 29.6 Å². The van der Waals surface area contributed by atoms with Crippen molar-refractivity contribution in [3.05, 3.63) is 15.9 Å². The average Bonchev–Trinajstić information content (AvgIpc) is 2.56. The molecule has 1 rings (SSSR count). The van der Waals surface area contributed by atoms with Gasteiger partial charge in [0.15, 0.2) is 0 Å². The smallest absolute Gasteiger partial charge is 0.0738 e. The summed E-state index contributed by atoms with van der Waals surface area (Å²) in [6, 6.07) is 0.158. The zero-order chi connectivity index (χ0) is 13.2. The Morgan fingerprint density at radius 1 is 1.41 bits per heavy atom. The van der Waals surface area contributed by atoms with Gasteiger partial charge in [0.1, 0.15) is 0 Å². The van der Waals surface area contributed by atoms with Crippen molar-refractivity contribution in [1.82, 2.24) is 9.78 Å². The fraction of sp³-hybridized carbons (Fsp3) is 0.769. The summed E-state index contributed by atoms with van der Waals surface area (Å²) in [6.45, 7) is 11.7. The maximum Gasteiger partial charge on any atom is 0.0738 e. The van der Waals surface area contributed by atoms with Crippen molar-refractivity contribution < 1.29 is 0 Å². The molecule has 0 amide bonds. The third-order valence-electron chi connectivity index (χ3n) is 3.78. The number of nitrogens with zero attached hydrogens (tertiary/aromatic N) is 2. The fourth-order valence-electron chi connectivity index (χ4n) is 1.81. The molecule has 0 spiro atoms. The summed E-state index contributed by atoms with van der Waals surface area (Å²) in [5, 5.41) is 4.50. The Bertz CT molecular complexity index is 382. The number of rotatable bonds is 5. The van der Waals surface area contributed by atoms with Gasteiger partial charge in [-0.25, -0.2) is 0 Å². The van der Waals surface area contributed by atoms with E-state index in [1.54, 1.807) is 0 Å². The molecule has 17 heavy (non-hydrogen) atoms. The topological polar surface area (TPSA) is 43.8 Å². The van der Waals surface area contributed by atoms with E-state index in [4.69, 9.17) is 5.73 Å². The lowest BCUT2D eigenvalue weighted by molar-refractivity contribution is 0.269. The van der Waals surface area contributed by atoms with Crippen LogP contribution in [0.2, 0.25) is 0 Å². The third-order valence-corrected chi connectivity index (χ3v) is 4.81. The van der Waals surface area contributed by atoms with Crippen LogP contribution in [0.1, 0.15) is 45.5 Å². The van der Waals surface area contributed by atoms with Gasteiger partial charge in [0, 0.05) is 19.0 Å². The van der Waals surface area contributed by atoms with Gasteiger partial charge in [0.2, 0.25) is 0 Å². The molecule has 0 saturated carbocycles. The van der Waals surface area contributed by atoms with Gasteiger partial charge in [-0.05, 0) is 41.6 Å². The minimum Gasteiger partial charge on any atom is -0.327 e. The third kappa shape index (κ3) is 3.10. The lowest BCUT2D eigenvalue weighted by Crippen LogP contribution is -2.39. The Morgan fingerprint density at radius 2 is 2.00 bits per heavy atom. The molecule has 4 heteroatoms. The van der Waals surface area contributed by atoms with Gasteiger partial charge in [-0.3, -0.25) is 4.68 Å². The van der Waals surface area contributed by atoms with Crippen LogP contribution in [0.3, 0.4) is 0 Å². The Morgan fingerprint density at radius 3 is 2.47 bits per heavy atom. The molecule has 0 saturated heterocycles. The summed E-state index contributed by atoms with van der Waals surface area (Å²) >= 11 is 3.62. The minimum atomic E-state index is 0.158. The van der Waals surface area contributed by atoms with Crippen molar-refractivity contribution in [2.45, 2.75) is 60.0 Å². The van der Waals surface area contributed by atoms with Crippen molar-refractivity contribution in [1.29, 1.82) is 0 Å². The summed E-state index contributed by atoms with van der Waals surface area (Å²) in [5.74, 6) is 0. The number of halogens is 1. The van der Waals surface area contributed by atoms with E-state index < -0.39 is 0 Å². The van der Waals surface area contributed by atoms with Gasteiger partial charge < -0.3 is 5.73 Å². The Kier molecular flexibility index (Phi) is 4.78. The number of hydrogen-bond acceptors (Lipinski definition) is 2. The van der Waals surface area contributed by atoms with Gasteiger partial charge >= 0.3 is 0 Å². The molecule has 2 N–H and O–H groups in total. The highest BCUT2D eigenvalue weighted by atomic mass is 79.9. The molecule has 1 atom stereocenters. The summed E-state index contributed by atoms with van der Waals surface area (Å²) in [6.07, 6.45) is 1.96. The molecular formula is C13H24BrN3. The quantitative estimate of drug-likeness (QED) is 0.907. The van der Waals surface area contributed by atoms with Crippen LogP contribution < -0.4 is 5.73 Å². The number of aromatic nitrogens is 2. The van der Waals surface area contributed by atoms with Crippen LogP contribution in [-0.4, -0.2) is 15.8 Å². The molecule has 98 valence electrons. The van der Waals surface area contributed by atoms with Gasteiger partial charge in [0.25, 0.3) is 0 Å². The first kappa shape index (κ1) is 14.7. The number of aryl methyl sites for hydroxylation is 2. The highest BCUT2D eigenvalue weighted by Crippen LogP contribution is 2.29. The molecule has 0 fully saturated rings. The highest BCUT2D eigenvalue weighted by Gasteiger charge is 2.26. The molecule has 0 bridgehead atoms. The molecule has 1 unspecified atom stereocenters. The molecule has 1 heterocycles. The molecule has 0 radical (unpaired) electrons. The van der Waals surface area contributed by atoms with Crippen LogP contribution in [-0.2, 0) is 13.0 Å². The molecule has 0 aliphatic rings. The summed E-state index contributed by atoms with van der Waals surface area (Å²) in [4.78, 5) is 0. The second-order valence-corrected chi connectivity index (χ2v) is 6.11.